The van der Waals surface area contributed by atoms with E-state index in [0.29, 0.717) is 6.54 Å². The first kappa shape index (κ1) is 19.3. The minimum absolute atomic E-state index is 0.0477. The molecule has 2 aromatic rings. The van der Waals surface area contributed by atoms with E-state index in [2.05, 4.69) is 80.4 Å². The molecule has 1 amide bonds. The van der Waals surface area contributed by atoms with Gasteiger partial charge in [0.1, 0.15) is 0 Å². The molecule has 0 aliphatic carbocycles. The van der Waals surface area contributed by atoms with Crippen LogP contribution in [0.3, 0.4) is 0 Å². The van der Waals surface area contributed by atoms with Crippen LogP contribution in [0.4, 0.5) is 11.4 Å². The Morgan fingerprint density at radius 3 is 2.37 bits per heavy atom. The van der Waals surface area contributed by atoms with Crippen molar-refractivity contribution in [1.82, 2.24) is 4.90 Å². The molecule has 0 radical (unpaired) electrons. The third-order valence-electron chi connectivity index (χ3n) is 5.16. The van der Waals surface area contributed by atoms with E-state index in [9.17, 15) is 4.79 Å². The van der Waals surface area contributed by atoms with Gasteiger partial charge in [0, 0.05) is 37.6 Å². The lowest BCUT2D eigenvalue weighted by atomic mass is 9.86. The van der Waals surface area contributed by atoms with Gasteiger partial charge in [-0.05, 0) is 41.7 Å². The van der Waals surface area contributed by atoms with Crippen LogP contribution in [0.5, 0.6) is 0 Å². The molecule has 1 fully saturated rings. The van der Waals surface area contributed by atoms with Gasteiger partial charge in [-0.2, -0.15) is 0 Å². The summed E-state index contributed by atoms with van der Waals surface area (Å²) in [7, 11) is 0. The number of benzene rings is 2. The second-order valence-electron chi connectivity index (χ2n) is 8.36. The van der Waals surface area contributed by atoms with E-state index >= 15 is 0 Å². The number of carbonyl (C=O) groups excluding carboxylic acids is 1. The normalized spacial score (nSPS) is 15.0. The number of carbonyl (C=O) groups is 1. The summed E-state index contributed by atoms with van der Waals surface area (Å²) in [5, 5.41) is 3.36. The average Bonchev–Trinajstić information content (AvgIpc) is 2.66. The predicted octanol–water partition coefficient (Wildman–Crippen LogP) is 4.05. The van der Waals surface area contributed by atoms with Crippen molar-refractivity contribution >= 4 is 17.3 Å². The van der Waals surface area contributed by atoms with E-state index in [4.69, 9.17) is 0 Å². The molecule has 1 saturated heterocycles. The Morgan fingerprint density at radius 2 is 1.70 bits per heavy atom. The first-order valence-corrected chi connectivity index (χ1v) is 9.77. The summed E-state index contributed by atoms with van der Waals surface area (Å²) in [6, 6.07) is 16.8. The van der Waals surface area contributed by atoms with Gasteiger partial charge in [-0.15, -0.1) is 0 Å². The highest BCUT2D eigenvalue weighted by Gasteiger charge is 2.22. The van der Waals surface area contributed by atoms with Gasteiger partial charge in [-0.1, -0.05) is 51.1 Å². The van der Waals surface area contributed by atoms with Crippen molar-refractivity contribution in [3.63, 3.8) is 0 Å². The maximum Gasteiger partial charge on any atom is 0.241 e. The van der Waals surface area contributed by atoms with Crippen molar-refractivity contribution in [2.24, 2.45) is 0 Å². The molecule has 1 aliphatic rings. The molecular weight excluding hydrogens is 334 g/mol. The summed E-state index contributed by atoms with van der Waals surface area (Å²) in [6.07, 6.45) is 0. The largest absolute Gasteiger partial charge is 0.376 e. The van der Waals surface area contributed by atoms with Crippen LogP contribution in [0, 0.1) is 6.92 Å². The summed E-state index contributed by atoms with van der Waals surface area (Å²) >= 11 is 0. The fourth-order valence-electron chi connectivity index (χ4n) is 3.61. The first-order valence-electron chi connectivity index (χ1n) is 9.77. The third kappa shape index (κ3) is 4.82. The van der Waals surface area contributed by atoms with Crippen LogP contribution in [-0.2, 0) is 10.2 Å². The smallest absolute Gasteiger partial charge is 0.241 e. The summed E-state index contributed by atoms with van der Waals surface area (Å²) < 4.78 is 0. The number of anilines is 2. The van der Waals surface area contributed by atoms with Crippen LogP contribution < -0.4 is 10.2 Å². The molecule has 1 heterocycles. The van der Waals surface area contributed by atoms with Gasteiger partial charge in [0.2, 0.25) is 5.91 Å². The number of rotatable bonds is 4. The summed E-state index contributed by atoms with van der Waals surface area (Å²) in [5.74, 6) is 0.169. The van der Waals surface area contributed by atoms with Crippen LogP contribution in [-0.4, -0.2) is 43.5 Å². The topological polar surface area (TPSA) is 35.6 Å². The Balaban J connectivity index is 1.55. The number of aryl methyl sites for hydroxylation is 1. The van der Waals surface area contributed by atoms with E-state index in [0.717, 1.165) is 31.9 Å². The fourth-order valence-corrected chi connectivity index (χ4v) is 3.61. The molecule has 3 rings (SSSR count). The SMILES string of the molecule is Cc1cccc(N2CCN(C(=O)CNc3ccccc3C(C)(C)C)CC2)c1. The van der Waals surface area contributed by atoms with Gasteiger partial charge < -0.3 is 15.1 Å². The van der Waals surface area contributed by atoms with Crippen LogP contribution in [0.1, 0.15) is 31.9 Å². The highest BCUT2D eigenvalue weighted by Crippen LogP contribution is 2.29. The fraction of sp³-hybridized carbons (Fsp3) is 0.435. The molecule has 27 heavy (non-hydrogen) atoms. The predicted molar refractivity (Wildman–Crippen MR) is 114 cm³/mol. The van der Waals surface area contributed by atoms with Crippen LogP contribution in [0.15, 0.2) is 48.5 Å². The van der Waals surface area contributed by atoms with Crippen molar-refractivity contribution in [2.45, 2.75) is 33.1 Å². The quantitative estimate of drug-likeness (QED) is 0.888. The number of para-hydroxylation sites is 1. The second-order valence-corrected chi connectivity index (χ2v) is 8.36. The highest BCUT2D eigenvalue weighted by atomic mass is 16.2. The van der Waals surface area contributed by atoms with Gasteiger partial charge in [-0.25, -0.2) is 0 Å². The van der Waals surface area contributed by atoms with Crippen LogP contribution in [0.2, 0.25) is 0 Å². The van der Waals surface area contributed by atoms with Gasteiger partial charge in [0.05, 0.1) is 6.54 Å². The van der Waals surface area contributed by atoms with Crippen LogP contribution in [0.25, 0.3) is 0 Å². The van der Waals surface area contributed by atoms with Crippen molar-refractivity contribution in [1.29, 1.82) is 0 Å². The van der Waals surface area contributed by atoms with Gasteiger partial charge >= 0.3 is 0 Å². The molecule has 0 unspecified atom stereocenters. The molecule has 1 N–H and O–H groups in total. The molecule has 0 bridgehead atoms. The zero-order valence-corrected chi connectivity index (χ0v) is 17.0. The number of amides is 1. The van der Waals surface area contributed by atoms with E-state index in [-0.39, 0.29) is 11.3 Å². The molecule has 0 spiro atoms. The average molecular weight is 366 g/mol. The van der Waals surface area contributed by atoms with Crippen molar-refractivity contribution in [2.75, 3.05) is 42.9 Å². The molecule has 144 valence electrons. The van der Waals surface area contributed by atoms with Gasteiger partial charge in [0.15, 0.2) is 0 Å². The summed E-state index contributed by atoms with van der Waals surface area (Å²) in [5.41, 5.74) is 4.86. The van der Waals surface area contributed by atoms with Crippen molar-refractivity contribution in [3.8, 4) is 0 Å². The maximum absolute atomic E-state index is 12.7. The first-order chi connectivity index (χ1) is 12.8. The van der Waals surface area contributed by atoms with Crippen LogP contribution >= 0.6 is 0 Å². The van der Waals surface area contributed by atoms with E-state index < -0.39 is 0 Å². The minimum atomic E-state index is 0.0477. The molecule has 4 nitrogen and oxygen atoms in total. The maximum atomic E-state index is 12.7. The number of nitrogens with one attached hydrogen (secondary N) is 1. The summed E-state index contributed by atoms with van der Waals surface area (Å²) in [6.45, 7) is 12.4. The van der Waals surface area contributed by atoms with Gasteiger partial charge in [-0.3, -0.25) is 4.79 Å². The lowest BCUT2D eigenvalue weighted by molar-refractivity contribution is -0.129. The Labute approximate surface area is 163 Å². The Bertz CT molecular complexity index is 786. The minimum Gasteiger partial charge on any atom is -0.376 e. The molecule has 4 heteroatoms. The lowest BCUT2D eigenvalue weighted by Gasteiger charge is -2.36. The number of hydrogen-bond acceptors (Lipinski definition) is 3. The zero-order chi connectivity index (χ0) is 19.4. The lowest BCUT2D eigenvalue weighted by Crippen LogP contribution is -2.50. The molecule has 0 atom stereocenters. The van der Waals surface area contributed by atoms with Crippen molar-refractivity contribution < 1.29 is 4.79 Å². The molecule has 0 aromatic heterocycles. The third-order valence-corrected chi connectivity index (χ3v) is 5.16. The van der Waals surface area contributed by atoms with Gasteiger partial charge in [0.25, 0.3) is 0 Å². The van der Waals surface area contributed by atoms with Crippen molar-refractivity contribution in [3.05, 3.63) is 59.7 Å². The Hall–Kier alpha value is -2.49. The van der Waals surface area contributed by atoms with E-state index in [1.807, 2.05) is 11.0 Å². The number of piperazine rings is 1. The molecule has 1 aliphatic heterocycles. The highest BCUT2D eigenvalue weighted by molar-refractivity contribution is 5.81. The monoisotopic (exact) mass is 365 g/mol. The standard InChI is InChI=1S/C23H31N3O/c1-18-8-7-9-19(16-18)25-12-14-26(15-13-25)22(27)17-24-21-11-6-5-10-20(21)23(2,3)4/h5-11,16,24H,12-15,17H2,1-4H3. The molecular formula is C23H31N3O. The number of hydrogen-bond donors (Lipinski definition) is 1. The Kier molecular flexibility index (Phi) is 5.73. The summed E-state index contributed by atoms with van der Waals surface area (Å²) in [4.78, 5) is 17.0. The molecule has 2 aromatic carbocycles. The second kappa shape index (κ2) is 8.03. The Morgan fingerprint density at radius 1 is 1.00 bits per heavy atom. The van der Waals surface area contributed by atoms with E-state index in [1.165, 1.54) is 16.8 Å². The zero-order valence-electron chi connectivity index (χ0n) is 17.0. The van der Waals surface area contributed by atoms with E-state index in [1.54, 1.807) is 0 Å². The number of nitrogens with zero attached hydrogens (tertiary/aromatic N) is 2. The molecule has 0 saturated carbocycles.